The van der Waals surface area contributed by atoms with Gasteiger partial charge in [-0.1, -0.05) is 19.9 Å². The van der Waals surface area contributed by atoms with Crippen molar-refractivity contribution in [3.05, 3.63) is 12.7 Å². The van der Waals surface area contributed by atoms with Gasteiger partial charge in [0.15, 0.2) is 0 Å². The van der Waals surface area contributed by atoms with E-state index >= 15 is 0 Å². The molecule has 1 unspecified atom stereocenters. The lowest BCUT2D eigenvalue weighted by Crippen LogP contribution is -2.18. The van der Waals surface area contributed by atoms with Crippen LogP contribution in [0.5, 0.6) is 0 Å². The van der Waals surface area contributed by atoms with Gasteiger partial charge in [0.25, 0.3) is 0 Å². The zero-order valence-corrected chi connectivity index (χ0v) is 8.99. The molecule has 0 aromatic heterocycles. The molecule has 0 saturated heterocycles. The summed E-state index contributed by atoms with van der Waals surface area (Å²) in [5.41, 5.74) is -0.0612. The molecular formula is C10H20OS. The van der Waals surface area contributed by atoms with Crippen LogP contribution in [-0.2, 0) is 0 Å². The minimum atomic E-state index is -0.0612. The first kappa shape index (κ1) is 12.0. The highest BCUT2D eigenvalue weighted by Crippen LogP contribution is 2.24. The van der Waals surface area contributed by atoms with Gasteiger partial charge in [-0.05, 0) is 24.3 Å². The third kappa shape index (κ3) is 4.83. The predicted octanol–water partition coefficient (Wildman–Crippen LogP) is 2.70. The van der Waals surface area contributed by atoms with Crippen molar-refractivity contribution in [3.63, 3.8) is 0 Å². The molecule has 0 aromatic rings. The van der Waals surface area contributed by atoms with Crippen LogP contribution in [0.15, 0.2) is 12.7 Å². The van der Waals surface area contributed by atoms with Gasteiger partial charge in [0, 0.05) is 5.41 Å². The molecule has 0 aliphatic carbocycles. The Bertz CT molecular complexity index is 125. The number of aliphatic hydroxyl groups is 1. The van der Waals surface area contributed by atoms with Gasteiger partial charge in [0.1, 0.15) is 0 Å². The molecule has 0 saturated carbocycles. The summed E-state index contributed by atoms with van der Waals surface area (Å²) >= 11 is 1.95. The van der Waals surface area contributed by atoms with Crippen LogP contribution in [0.25, 0.3) is 0 Å². The second kappa shape index (κ2) is 6.55. The lowest BCUT2D eigenvalue weighted by molar-refractivity contribution is 0.175. The Morgan fingerprint density at radius 3 is 2.67 bits per heavy atom. The lowest BCUT2D eigenvalue weighted by Gasteiger charge is -2.22. The molecule has 12 heavy (non-hydrogen) atoms. The Balaban J connectivity index is 3.51. The molecule has 1 N–H and O–H groups in total. The molecule has 0 aliphatic rings. The normalized spacial score (nSPS) is 15.6. The Morgan fingerprint density at radius 2 is 2.25 bits per heavy atom. The molecule has 0 radical (unpaired) electrons. The maximum Gasteiger partial charge on any atom is 0.0519 e. The van der Waals surface area contributed by atoms with Gasteiger partial charge in [-0.15, -0.1) is 6.58 Å². The number of hydrogen-bond donors (Lipinski definition) is 1. The van der Waals surface area contributed by atoms with Crippen LogP contribution in [-0.4, -0.2) is 23.2 Å². The third-order valence-electron chi connectivity index (χ3n) is 2.09. The van der Waals surface area contributed by atoms with Crippen molar-refractivity contribution in [3.8, 4) is 0 Å². The maximum atomic E-state index is 9.06. The molecule has 0 aliphatic heterocycles. The van der Waals surface area contributed by atoms with Crippen molar-refractivity contribution < 1.29 is 5.11 Å². The van der Waals surface area contributed by atoms with Crippen molar-refractivity contribution in [2.75, 3.05) is 18.1 Å². The molecule has 1 atom stereocenters. The van der Waals surface area contributed by atoms with Crippen LogP contribution in [0, 0.1) is 5.41 Å². The fourth-order valence-electron chi connectivity index (χ4n) is 0.968. The van der Waals surface area contributed by atoms with Crippen molar-refractivity contribution in [2.24, 2.45) is 5.41 Å². The third-order valence-corrected chi connectivity index (χ3v) is 3.08. The SMILES string of the molecule is C=CC(C)(CO)CCCSCC. The Labute approximate surface area is 80.3 Å². The highest BCUT2D eigenvalue weighted by Gasteiger charge is 2.17. The van der Waals surface area contributed by atoms with Crippen LogP contribution in [0.2, 0.25) is 0 Å². The van der Waals surface area contributed by atoms with Crippen molar-refractivity contribution >= 4 is 11.8 Å². The van der Waals surface area contributed by atoms with E-state index in [1.54, 1.807) is 0 Å². The molecule has 72 valence electrons. The first-order valence-corrected chi connectivity index (χ1v) is 5.66. The summed E-state index contributed by atoms with van der Waals surface area (Å²) in [6.45, 7) is 8.17. The average Bonchev–Trinajstić information content (AvgIpc) is 2.12. The van der Waals surface area contributed by atoms with E-state index in [2.05, 4.69) is 20.4 Å². The smallest absolute Gasteiger partial charge is 0.0519 e. The topological polar surface area (TPSA) is 20.2 Å². The van der Waals surface area contributed by atoms with E-state index in [0.717, 1.165) is 6.42 Å². The molecular weight excluding hydrogens is 168 g/mol. The summed E-state index contributed by atoms with van der Waals surface area (Å²) in [5.74, 6) is 2.38. The van der Waals surface area contributed by atoms with Gasteiger partial charge in [0.05, 0.1) is 6.61 Å². The molecule has 0 bridgehead atoms. The highest BCUT2D eigenvalue weighted by atomic mass is 32.2. The first-order valence-electron chi connectivity index (χ1n) is 4.50. The molecule has 0 rings (SSSR count). The molecule has 0 aromatic carbocycles. The van der Waals surface area contributed by atoms with E-state index < -0.39 is 0 Å². The second-order valence-corrected chi connectivity index (χ2v) is 4.71. The molecule has 0 amide bonds. The summed E-state index contributed by atoms with van der Waals surface area (Å²) in [6.07, 6.45) is 4.07. The van der Waals surface area contributed by atoms with Gasteiger partial charge in [0.2, 0.25) is 0 Å². The zero-order valence-electron chi connectivity index (χ0n) is 8.18. The van der Waals surface area contributed by atoms with Gasteiger partial charge < -0.3 is 5.11 Å². The Kier molecular flexibility index (Phi) is 6.58. The van der Waals surface area contributed by atoms with Gasteiger partial charge >= 0.3 is 0 Å². The quantitative estimate of drug-likeness (QED) is 0.489. The number of thioether (sulfide) groups is 1. The number of hydrogen-bond acceptors (Lipinski definition) is 2. The Hall–Kier alpha value is 0.0500. The molecule has 1 nitrogen and oxygen atoms in total. The minimum Gasteiger partial charge on any atom is -0.395 e. The summed E-state index contributed by atoms with van der Waals surface area (Å²) in [7, 11) is 0. The maximum absolute atomic E-state index is 9.06. The predicted molar refractivity (Wildman–Crippen MR) is 57.6 cm³/mol. The van der Waals surface area contributed by atoms with Crippen LogP contribution in [0.1, 0.15) is 26.7 Å². The van der Waals surface area contributed by atoms with E-state index in [4.69, 9.17) is 5.11 Å². The first-order chi connectivity index (χ1) is 5.68. The molecule has 0 heterocycles. The molecule has 0 spiro atoms. The van der Waals surface area contributed by atoms with Crippen LogP contribution < -0.4 is 0 Å². The van der Waals surface area contributed by atoms with E-state index in [-0.39, 0.29) is 12.0 Å². The van der Waals surface area contributed by atoms with E-state index in [9.17, 15) is 0 Å². The average molecular weight is 188 g/mol. The van der Waals surface area contributed by atoms with Gasteiger partial charge in [-0.3, -0.25) is 0 Å². The zero-order chi connectivity index (χ0) is 9.45. The fraction of sp³-hybridized carbons (Fsp3) is 0.800. The van der Waals surface area contributed by atoms with E-state index in [0.29, 0.717) is 0 Å². The largest absolute Gasteiger partial charge is 0.395 e. The van der Waals surface area contributed by atoms with Crippen LogP contribution in [0.4, 0.5) is 0 Å². The number of aliphatic hydroxyl groups excluding tert-OH is 1. The molecule has 2 heteroatoms. The Morgan fingerprint density at radius 1 is 1.58 bits per heavy atom. The van der Waals surface area contributed by atoms with Crippen LogP contribution in [0.3, 0.4) is 0 Å². The van der Waals surface area contributed by atoms with Crippen molar-refractivity contribution in [1.82, 2.24) is 0 Å². The standard InChI is InChI=1S/C10H20OS/c1-4-10(3,9-11)7-6-8-12-5-2/h4,11H,1,5-9H2,2-3H3. The number of rotatable bonds is 7. The lowest BCUT2D eigenvalue weighted by atomic mass is 9.87. The minimum absolute atomic E-state index is 0.0612. The monoisotopic (exact) mass is 188 g/mol. The van der Waals surface area contributed by atoms with Crippen molar-refractivity contribution in [2.45, 2.75) is 26.7 Å². The second-order valence-electron chi connectivity index (χ2n) is 3.32. The summed E-state index contributed by atoms with van der Waals surface area (Å²) in [6, 6.07) is 0. The van der Waals surface area contributed by atoms with Crippen molar-refractivity contribution in [1.29, 1.82) is 0 Å². The fourth-order valence-corrected chi connectivity index (χ4v) is 1.61. The summed E-state index contributed by atoms with van der Waals surface area (Å²) < 4.78 is 0. The summed E-state index contributed by atoms with van der Waals surface area (Å²) in [5, 5.41) is 9.06. The van der Waals surface area contributed by atoms with E-state index in [1.165, 1.54) is 17.9 Å². The summed E-state index contributed by atoms with van der Waals surface area (Å²) in [4.78, 5) is 0. The van der Waals surface area contributed by atoms with Gasteiger partial charge in [-0.25, -0.2) is 0 Å². The molecule has 0 fully saturated rings. The van der Waals surface area contributed by atoms with E-state index in [1.807, 2.05) is 17.8 Å². The highest BCUT2D eigenvalue weighted by molar-refractivity contribution is 7.99. The van der Waals surface area contributed by atoms with Gasteiger partial charge in [-0.2, -0.15) is 11.8 Å². The van der Waals surface area contributed by atoms with Crippen LogP contribution >= 0.6 is 11.8 Å².